The molecule has 1 heterocycles. The Hall–Kier alpha value is -2.46. The predicted molar refractivity (Wildman–Crippen MR) is 157 cm³/mol. The summed E-state index contributed by atoms with van der Waals surface area (Å²) in [4.78, 5) is 13.3. The number of carbonyl (C=O) groups is 1. The Labute approximate surface area is 226 Å². The molecule has 0 spiro atoms. The molecule has 0 fully saturated rings. The van der Waals surface area contributed by atoms with Crippen LogP contribution in [-0.4, -0.2) is 18.7 Å². The van der Waals surface area contributed by atoms with Gasteiger partial charge in [-0.05, 0) is 29.4 Å². The average Bonchev–Trinajstić information content (AvgIpc) is 3.21. The van der Waals surface area contributed by atoms with Gasteiger partial charge >= 0.3 is 5.97 Å². The van der Waals surface area contributed by atoms with Crippen molar-refractivity contribution in [3.63, 3.8) is 0 Å². The second kappa shape index (κ2) is 10.4. The minimum absolute atomic E-state index is 0.0827. The lowest BCUT2D eigenvalue weighted by Gasteiger charge is -2.30. The molecule has 2 atom stereocenters. The first-order chi connectivity index (χ1) is 17.4. The van der Waals surface area contributed by atoms with Gasteiger partial charge in [-0.1, -0.05) is 120 Å². The van der Waals surface area contributed by atoms with Crippen LogP contribution in [0.4, 0.5) is 0 Å². The summed E-state index contributed by atoms with van der Waals surface area (Å²) >= 11 is 6.51. The zero-order valence-corrected chi connectivity index (χ0v) is 24.6. The molecule has 3 aromatic carbocycles. The zero-order chi connectivity index (χ0) is 27.0. The number of hydrogen-bond donors (Lipinski definition) is 1. The van der Waals surface area contributed by atoms with Crippen molar-refractivity contribution in [2.24, 2.45) is 0 Å². The fourth-order valence-corrected chi connectivity index (χ4v) is 8.20. The van der Waals surface area contributed by atoms with E-state index >= 15 is 0 Å². The van der Waals surface area contributed by atoms with E-state index in [0.29, 0.717) is 0 Å². The van der Waals surface area contributed by atoms with E-state index in [9.17, 15) is 4.79 Å². The summed E-state index contributed by atoms with van der Waals surface area (Å²) in [6.45, 7) is 15.3. The predicted octanol–water partition coefficient (Wildman–Crippen LogP) is 6.28. The van der Waals surface area contributed by atoms with Gasteiger partial charge in [0.1, 0.15) is 5.75 Å². The largest absolute Gasteiger partial charge is 0.476 e. The van der Waals surface area contributed by atoms with Crippen molar-refractivity contribution in [3.05, 3.63) is 89.5 Å². The van der Waals surface area contributed by atoms with Gasteiger partial charge < -0.3 is 9.47 Å². The van der Waals surface area contributed by atoms with E-state index in [4.69, 9.17) is 21.3 Å². The van der Waals surface area contributed by atoms with Gasteiger partial charge in [-0.3, -0.25) is 5.09 Å². The van der Waals surface area contributed by atoms with Crippen LogP contribution in [0.25, 0.3) is 0 Å². The summed E-state index contributed by atoms with van der Waals surface area (Å²) in [6.07, 6.45) is -3.37. The number of ether oxygens (including phenoxy) is 2. The topological polar surface area (TPSA) is 47.6 Å². The van der Waals surface area contributed by atoms with Gasteiger partial charge in [0.25, 0.3) is 0 Å². The Kier molecular flexibility index (Phi) is 7.72. The van der Waals surface area contributed by atoms with Crippen LogP contribution in [0.5, 0.6) is 5.75 Å². The minimum Gasteiger partial charge on any atom is -0.476 e. The van der Waals surface area contributed by atoms with Crippen LogP contribution >= 0.6 is 6.19 Å². The molecule has 0 amide bonds. The highest BCUT2D eigenvalue weighted by Gasteiger charge is 2.46. The number of hydrogen-bond acceptors (Lipinski definition) is 4. The van der Waals surface area contributed by atoms with Gasteiger partial charge in [-0.15, -0.1) is 0 Å². The third kappa shape index (κ3) is 5.55. The van der Waals surface area contributed by atoms with Gasteiger partial charge in [-0.25, -0.2) is 4.79 Å². The van der Waals surface area contributed by atoms with E-state index < -0.39 is 18.3 Å². The van der Waals surface area contributed by atoms with Crippen molar-refractivity contribution < 1.29 is 14.3 Å². The van der Waals surface area contributed by atoms with Gasteiger partial charge in [0.2, 0.25) is 6.10 Å². The van der Waals surface area contributed by atoms with E-state index in [-0.39, 0.29) is 23.4 Å². The maximum atomic E-state index is 13.3. The first kappa shape index (κ1) is 27.6. The summed E-state index contributed by atoms with van der Waals surface area (Å²) in [5.74, 6) is 0.384. The Morgan fingerprint density at radius 2 is 1.46 bits per heavy atom. The summed E-state index contributed by atoms with van der Waals surface area (Å²) in [5, 5.41) is 5.90. The number of rotatable bonds is 6. The van der Waals surface area contributed by atoms with E-state index in [0.717, 1.165) is 27.5 Å². The lowest BCUT2D eigenvalue weighted by atomic mass is 9.78. The van der Waals surface area contributed by atoms with Crippen LogP contribution in [0.3, 0.4) is 0 Å². The first-order valence-corrected chi connectivity index (χ1v) is 15.7. The molecular formula is C31H38NO3PS. The van der Waals surface area contributed by atoms with Crippen LogP contribution in [0, 0.1) is 0 Å². The highest BCUT2D eigenvalue weighted by Crippen LogP contribution is 2.51. The summed E-state index contributed by atoms with van der Waals surface area (Å²) < 4.78 is 12.0. The summed E-state index contributed by atoms with van der Waals surface area (Å²) in [6, 6.07) is 24.3. The standard InChI is InChI=1S/C31H38NO3PS/c1-8-34-29(33)28-26(24-19-21(30(2,3)4)20-25(27(24)35-28)31(5,6)7)32-36(37,22-15-11-9-12-16-22)23-17-13-10-14-18-23/h9-20,26,28H,8H2,1-7H3,(H,32,37)/t26-,28-/m1/s1. The molecule has 4 nitrogen and oxygen atoms in total. The van der Waals surface area contributed by atoms with Gasteiger partial charge in [0, 0.05) is 21.7 Å². The lowest BCUT2D eigenvalue weighted by molar-refractivity contribution is -0.151. The number of fused-ring (bicyclic) bond motifs is 1. The molecule has 1 aliphatic heterocycles. The Bertz CT molecular complexity index is 1270. The molecule has 6 heteroatoms. The highest BCUT2D eigenvalue weighted by molar-refractivity contribution is 8.20. The molecule has 0 radical (unpaired) electrons. The van der Waals surface area contributed by atoms with Crippen molar-refractivity contribution in [1.29, 1.82) is 0 Å². The number of carbonyl (C=O) groups excluding carboxylic acids is 1. The van der Waals surface area contributed by atoms with Crippen LogP contribution < -0.4 is 20.4 Å². The monoisotopic (exact) mass is 535 g/mol. The maximum Gasteiger partial charge on any atom is 0.349 e. The Balaban J connectivity index is 1.95. The molecule has 37 heavy (non-hydrogen) atoms. The lowest BCUT2D eigenvalue weighted by Crippen LogP contribution is -2.40. The zero-order valence-electron chi connectivity index (χ0n) is 22.9. The molecule has 4 rings (SSSR count). The van der Waals surface area contributed by atoms with Crippen molar-refractivity contribution >= 4 is 34.6 Å². The van der Waals surface area contributed by atoms with Crippen LogP contribution in [0.2, 0.25) is 0 Å². The smallest absolute Gasteiger partial charge is 0.349 e. The summed E-state index contributed by atoms with van der Waals surface area (Å²) in [5.41, 5.74) is 2.99. The van der Waals surface area contributed by atoms with Crippen LogP contribution in [-0.2, 0) is 32.2 Å². The molecule has 0 bridgehead atoms. The Morgan fingerprint density at radius 3 is 1.92 bits per heavy atom. The molecule has 196 valence electrons. The fraction of sp³-hybridized carbons (Fsp3) is 0.387. The third-order valence-electron chi connectivity index (χ3n) is 6.75. The van der Waals surface area contributed by atoms with Crippen molar-refractivity contribution in [2.75, 3.05) is 6.61 Å². The quantitative estimate of drug-likeness (QED) is 0.297. The molecule has 0 aliphatic carbocycles. The normalized spacial score (nSPS) is 17.7. The molecule has 3 aromatic rings. The fourth-order valence-electron chi connectivity index (χ4n) is 4.68. The molecule has 1 aliphatic rings. The Morgan fingerprint density at radius 1 is 0.919 bits per heavy atom. The third-order valence-corrected chi connectivity index (χ3v) is 11.0. The average molecular weight is 536 g/mol. The molecule has 0 saturated heterocycles. The van der Waals surface area contributed by atoms with Crippen molar-refractivity contribution in [1.82, 2.24) is 5.09 Å². The van der Waals surface area contributed by atoms with Crippen molar-refractivity contribution in [2.45, 2.75) is 71.4 Å². The van der Waals surface area contributed by atoms with Gasteiger partial charge in [0.15, 0.2) is 0 Å². The maximum absolute atomic E-state index is 13.3. The highest BCUT2D eigenvalue weighted by atomic mass is 32.4. The molecule has 0 aromatic heterocycles. The minimum atomic E-state index is -2.54. The SMILES string of the molecule is CCOC(=O)[C@@H]1Oc2c(cc(C(C)(C)C)cc2C(C)(C)C)[C@H]1NP(=S)(c1ccccc1)c1ccccc1. The second-order valence-corrected chi connectivity index (χ2v) is 15.8. The molecule has 1 N–H and O–H groups in total. The molecule has 0 saturated carbocycles. The number of nitrogens with one attached hydrogen (secondary N) is 1. The van der Waals surface area contributed by atoms with Crippen LogP contribution in [0.15, 0.2) is 72.8 Å². The van der Waals surface area contributed by atoms with Crippen LogP contribution in [0.1, 0.15) is 71.2 Å². The second-order valence-electron chi connectivity index (χ2n) is 11.6. The van der Waals surface area contributed by atoms with E-state index in [1.807, 2.05) is 43.3 Å². The van der Waals surface area contributed by atoms with Gasteiger partial charge in [-0.2, -0.15) is 0 Å². The van der Waals surface area contributed by atoms with E-state index in [2.05, 4.69) is 83.0 Å². The summed E-state index contributed by atoms with van der Waals surface area (Å²) in [7, 11) is 0. The number of esters is 1. The van der Waals surface area contributed by atoms with E-state index in [1.165, 1.54) is 5.56 Å². The first-order valence-electron chi connectivity index (χ1n) is 12.9. The number of benzene rings is 3. The van der Waals surface area contributed by atoms with E-state index in [1.54, 1.807) is 0 Å². The molecule has 0 unspecified atom stereocenters. The van der Waals surface area contributed by atoms with Gasteiger partial charge in [0.05, 0.1) is 18.8 Å². The molecular weight excluding hydrogens is 497 g/mol. The van der Waals surface area contributed by atoms with Crippen molar-refractivity contribution in [3.8, 4) is 5.75 Å².